The lowest BCUT2D eigenvalue weighted by molar-refractivity contribution is 0.535. The lowest BCUT2D eigenvalue weighted by atomic mass is 10.1. The molecule has 2 heterocycles. The molecule has 0 atom stereocenters. The number of hydrogen-bond acceptors (Lipinski definition) is 4. The third kappa shape index (κ3) is 3.46. The molecule has 0 saturated carbocycles. The molecule has 0 amide bonds. The number of imidazole rings is 1. The van der Waals surface area contributed by atoms with Crippen molar-refractivity contribution in [2.24, 2.45) is 0 Å². The van der Waals surface area contributed by atoms with Gasteiger partial charge in [0.1, 0.15) is 11.4 Å². The van der Waals surface area contributed by atoms with Gasteiger partial charge in [-0.3, -0.25) is 5.41 Å². The van der Waals surface area contributed by atoms with Crippen LogP contribution >= 0.6 is 0 Å². The summed E-state index contributed by atoms with van der Waals surface area (Å²) in [5.41, 5.74) is 6.21. The molecule has 0 bridgehead atoms. The molecule has 4 aromatic carbocycles. The summed E-state index contributed by atoms with van der Waals surface area (Å²) in [6.07, 6.45) is 0. The van der Waals surface area contributed by atoms with Crippen LogP contribution in [0.15, 0.2) is 114 Å². The molecular formula is C28H20N4O. The zero-order chi connectivity index (χ0) is 22.2. The summed E-state index contributed by atoms with van der Waals surface area (Å²) in [4.78, 5) is 10.1. The minimum absolute atomic E-state index is 0.0738. The summed E-state index contributed by atoms with van der Waals surface area (Å²) in [6, 6.07) is 36.3. The third-order valence-corrected chi connectivity index (χ3v) is 5.69. The smallest absolute Gasteiger partial charge is 0.223 e. The van der Waals surface area contributed by atoms with Crippen LogP contribution in [0.3, 0.4) is 0 Å². The highest BCUT2D eigenvalue weighted by Crippen LogP contribution is 2.35. The minimum atomic E-state index is 0.0738. The fraction of sp³-hybridized carbons (Fsp3) is 0. The highest BCUT2D eigenvalue weighted by Gasteiger charge is 2.15. The summed E-state index contributed by atoms with van der Waals surface area (Å²) < 4.78 is 5.99. The van der Waals surface area contributed by atoms with Crippen LogP contribution in [-0.4, -0.2) is 9.97 Å². The molecule has 0 aliphatic heterocycles. The van der Waals surface area contributed by atoms with Crippen molar-refractivity contribution in [1.29, 1.82) is 5.41 Å². The Bertz CT molecular complexity index is 1560. The first-order chi connectivity index (χ1) is 16.3. The minimum Gasteiger partial charge on any atom is -0.438 e. The largest absolute Gasteiger partial charge is 0.438 e. The Morgan fingerprint density at radius 1 is 0.697 bits per heavy atom. The van der Waals surface area contributed by atoms with Gasteiger partial charge < -0.3 is 14.3 Å². The van der Waals surface area contributed by atoms with Gasteiger partial charge in [0.05, 0.1) is 16.6 Å². The predicted octanol–water partition coefficient (Wildman–Crippen LogP) is 6.93. The van der Waals surface area contributed by atoms with Crippen molar-refractivity contribution in [2.45, 2.75) is 0 Å². The van der Waals surface area contributed by atoms with E-state index in [1.807, 2.05) is 78.9 Å². The van der Waals surface area contributed by atoms with Crippen LogP contribution in [0.2, 0.25) is 0 Å². The van der Waals surface area contributed by atoms with Gasteiger partial charge in [0, 0.05) is 28.5 Å². The zero-order valence-electron chi connectivity index (χ0n) is 17.7. The van der Waals surface area contributed by atoms with E-state index in [2.05, 4.69) is 45.2 Å². The lowest BCUT2D eigenvalue weighted by Crippen LogP contribution is -2.10. The molecule has 33 heavy (non-hydrogen) atoms. The molecule has 0 fully saturated rings. The molecule has 6 rings (SSSR count). The van der Waals surface area contributed by atoms with Crippen molar-refractivity contribution in [2.75, 3.05) is 4.90 Å². The van der Waals surface area contributed by atoms with E-state index in [4.69, 9.17) is 9.83 Å². The van der Waals surface area contributed by atoms with E-state index in [-0.39, 0.29) is 5.55 Å². The molecule has 0 unspecified atom stereocenters. The fourth-order valence-corrected chi connectivity index (χ4v) is 4.11. The molecule has 6 aromatic rings. The molecular weight excluding hydrogens is 408 g/mol. The first-order valence-electron chi connectivity index (χ1n) is 10.7. The molecule has 0 saturated heterocycles. The van der Waals surface area contributed by atoms with E-state index in [0.717, 1.165) is 33.5 Å². The Morgan fingerprint density at radius 3 is 2.06 bits per heavy atom. The number of anilines is 3. The fourth-order valence-electron chi connectivity index (χ4n) is 4.11. The maximum absolute atomic E-state index is 8.53. The van der Waals surface area contributed by atoms with Crippen molar-refractivity contribution < 1.29 is 4.42 Å². The highest BCUT2D eigenvalue weighted by molar-refractivity contribution is 5.88. The first kappa shape index (κ1) is 19.1. The SMILES string of the molecule is N=c1oc2cc(N(c3ccccc3)c3ccccc3)ccc2cc1-c1nc2ccccc2[nH]1. The van der Waals surface area contributed by atoms with Crippen molar-refractivity contribution in [3.05, 3.63) is 115 Å². The van der Waals surface area contributed by atoms with E-state index < -0.39 is 0 Å². The lowest BCUT2D eigenvalue weighted by Gasteiger charge is -2.25. The normalized spacial score (nSPS) is 11.2. The number of aromatic amines is 1. The Kier molecular flexibility index (Phi) is 4.51. The number of para-hydroxylation sites is 4. The van der Waals surface area contributed by atoms with Crippen LogP contribution in [0.5, 0.6) is 0 Å². The summed E-state index contributed by atoms with van der Waals surface area (Å²) in [6.45, 7) is 0. The number of nitrogens with zero attached hydrogens (tertiary/aromatic N) is 2. The van der Waals surface area contributed by atoms with E-state index in [1.54, 1.807) is 0 Å². The Morgan fingerprint density at radius 2 is 1.36 bits per heavy atom. The van der Waals surface area contributed by atoms with Gasteiger partial charge in [0.25, 0.3) is 0 Å². The van der Waals surface area contributed by atoms with Crippen LogP contribution in [0.25, 0.3) is 33.4 Å². The Balaban J connectivity index is 1.48. The number of aromatic nitrogens is 2. The number of hydrogen-bond donors (Lipinski definition) is 2. The molecule has 5 heteroatoms. The van der Waals surface area contributed by atoms with Crippen LogP contribution in [-0.2, 0) is 0 Å². The van der Waals surface area contributed by atoms with E-state index in [0.29, 0.717) is 17.0 Å². The summed E-state index contributed by atoms with van der Waals surface area (Å²) in [5.74, 6) is 0.631. The maximum Gasteiger partial charge on any atom is 0.223 e. The Labute approximate surface area is 190 Å². The van der Waals surface area contributed by atoms with Gasteiger partial charge in [0.15, 0.2) is 0 Å². The average Bonchev–Trinajstić information content (AvgIpc) is 3.29. The molecule has 0 spiro atoms. The van der Waals surface area contributed by atoms with Gasteiger partial charge in [-0.05, 0) is 54.6 Å². The van der Waals surface area contributed by atoms with Crippen LogP contribution in [0, 0.1) is 5.41 Å². The molecule has 2 aromatic heterocycles. The zero-order valence-corrected chi connectivity index (χ0v) is 17.7. The van der Waals surface area contributed by atoms with Gasteiger partial charge >= 0.3 is 0 Å². The molecule has 0 aliphatic rings. The summed E-state index contributed by atoms with van der Waals surface area (Å²) >= 11 is 0. The second-order valence-corrected chi connectivity index (χ2v) is 7.82. The van der Waals surface area contributed by atoms with E-state index in [1.165, 1.54) is 0 Å². The van der Waals surface area contributed by atoms with Crippen molar-refractivity contribution in [3.63, 3.8) is 0 Å². The summed E-state index contributed by atoms with van der Waals surface area (Å²) in [5, 5.41) is 9.44. The predicted molar refractivity (Wildman–Crippen MR) is 132 cm³/mol. The molecule has 0 radical (unpaired) electrons. The van der Waals surface area contributed by atoms with Gasteiger partial charge in [-0.1, -0.05) is 48.5 Å². The maximum atomic E-state index is 8.53. The van der Waals surface area contributed by atoms with Gasteiger partial charge in [0.2, 0.25) is 5.55 Å². The first-order valence-corrected chi connectivity index (χ1v) is 10.7. The topological polar surface area (TPSA) is 68.9 Å². The second kappa shape index (κ2) is 7.80. The van der Waals surface area contributed by atoms with Crippen LogP contribution < -0.4 is 10.5 Å². The van der Waals surface area contributed by atoms with Crippen molar-refractivity contribution >= 4 is 39.1 Å². The monoisotopic (exact) mass is 428 g/mol. The number of nitrogens with one attached hydrogen (secondary N) is 2. The molecule has 158 valence electrons. The molecule has 2 N–H and O–H groups in total. The van der Waals surface area contributed by atoms with Crippen molar-refractivity contribution in [3.8, 4) is 11.4 Å². The number of fused-ring (bicyclic) bond motifs is 2. The standard InChI is InChI=1S/C28H20N4O/c29-27-23(28-30-24-13-7-8-14-25(24)31-28)17-19-15-16-22(18-26(19)33-27)32(20-9-3-1-4-10-20)21-11-5-2-6-12-21/h1-18,29H,(H,30,31). The quantitative estimate of drug-likeness (QED) is 0.320. The van der Waals surface area contributed by atoms with Crippen LogP contribution in [0.1, 0.15) is 0 Å². The van der Waals surface area contributed by atoms with Crippen LogP contribution in [0.4, 0.5) is 17.1 Å². The number of H-pyrrole nitrogens is 1. The van der Waals surface area contributed by atoms with Gasteiger partial charge in [-0.25, -0.2) is 4.98 Å². The third-order valence-electron chi connectivity index (χ3n) is 5.69. The van der Waals surface area contributed by atoms with Gasteiger partial charge in [-0.2, -0.15) is 0 Å². The average molecular weight is 428 g/mol. The summed E-state index contributed by atoms with van der Waals surface area (Å²) in [7, 11) is 0. The second-order valence-electron chi connectivity index (χ2n) is 7.82. The molecule has 5 nitrogen and oxygen atoms in total. The van der Waals surface area contributed by atoms with E-state index >= 15 is 0 Å². The Hall–Kier alpha value is -4.64. The molecule has 0 aliphatic carbocycles. The highest BCUT2D eigenvalue weighted by atomic mass is 16.3. The van der Waals surface area contributed by atoms with Crippen molar-refractivity contribution in [1.82, 2.24) is 9.97 Å². The van der Waals surface area contributed by atoms with E-state index in [9.17, 15) is 0 Å². The number of rotatable bonds is 4. The van der Waals surface area contributed by atoms with Gasteiger partial charge in [-0.15, -0.1) is 0 Å². The number of benzene rings is 4.